The highest BCUT2D eigenvalue weighted by Crippen LogP contribution is 2.57. The molecule has 0 aromatic rings. The summed E-state index contributed by atoms with van der Waals surface area (Å²) in [5.41, 5.74) is -0.790. The summed E-state index contributed by atoms with van der Waals surface area (Å²) in [5, 5.41) is 2.52. The molecule has 1 aliphatic heterocycles. The summed E-state index contributed by atoms with van der Waals surface area (Å²) in [4.78, 5) is 34.8. The van der Waals surface area contributed by atoms with E-state index in [0.717, 1.165) is 0 Å². The van der Waals surface area contributed by atoms with Crippen molar-refractivity contribution >= 4 is 25.7 Å². The zero-order valence-corrected chi connectivity index (χ0v) is 16.5. The summed E-state index contributed by atoms with van der Waals surface area (Å²) in [7, 11) is -2.83. The summed E-state index contributed by atoms with van der Waals surface area (Å²) in [6.45, 7) is 6.01. The van der Waals surface area contributed by atoms with Gasteiger partial charge in [0.05, 0.1) is 26.1 Å². The van der Waals surface area contributed by atoms with Crippen molar-refractivity contribution in [2.24, 2.45) is 11.3 Å². The van der Waals surface area contributed by atoms with Crippen LogP contribution in [-0.4, -0.2) is 51.0 Å². The van der Waals surface area contributed by atoms with Gasteiger partial charge in [0.15, 0.2) is 6.10 Å². The number of amides is 1. The number of hydrogen-bond acceptors (Lipinski definition) is 9. The summed E-state index contributed by atoms with van der Waals surface area (Å²) >= 11 is 0. The molecular formula is C15H26NO9P. The van der Waals surface area contributed by atoms with Gasteiger partial charge in [0.1, 0.15) is 0 Å². The molecule has 1 aliphatic rings. The Kier molecular flexibility index (Phi) is 8.20. The number of nitrogens with one attached hydrogen (secondary N) is 1. The number of ether oxygens (including phenoxy) is 2. The zero-order chi connectivity index (χ0) is 20.0. The molecule has 2 atom stereocenters. The summed E-state index contributed by atoms with van der Waals surface area (Å²) in [6, 6.07) is 0. The van der Waals surface area contributed by atoms with E-state index in [9.17, 15) is 18.9 Å². The van der Waals surface area contributed by atoms with Gasteiger partial charge in [-0.3, -0.25) is 23.4 Å². The second kappa shape index (κ2) is 9.45. The maximum absolute atomic E-state index is 12.5. The van der Waals surface area contributed by atoms with E-state index in [1.165, 1.54) is 7.11 Å². The lowest BCUT2D eigenvalue weighted by atomic mass is 9.87. The van der Waals surface area contributed by atoms with Gasteiger partial charge in [0.25, 0.3) is 0 Å². The summed E-state index contributed by atoms with van der Waals surface area (Å²) in [6.07, 6.45) is -1.15. The van der Waals surface area contributed by atoms with E-state index in [1.54, 1.807) is 27.7 Å². The van der Waals surface area contributed by atoms with Crippen LogP contribution in [0.4, 0.5) is 0 Å². The van der Waals surface area contributed by atoms with E-state index >= 15 is 0 Å². The lowest BCUT2D eigenvalue weighted by Crippen LogP contribution is -2.50. The Morgan fingerprint density at radius 1 is 1.31 bits per heavy atom. The first-order valence-electron chi connectivity index (χ1n) is 8.09. The summed E-state index contributed by atoms with van der Waals surface area (Å²) < 4.78 is 37.1. The van der Waals surface area contributed by atoms with Crippen molar-refractivity contribution in [3.05, 3.63) is 0 Å². The van der Waals surface area contributed by atoms with Crippen LogP contribution in [0.25, 0.3) is 0 Å². The molecule has 1 amide bonds. The van der Waals surface area contributed by atoms with Crippen LogP contribution < -0.4 is 5.32 Å². The van der Waals surface area contributed by atoms with E-state index in [1.807, 2.05) is 0 Å². The molecule has 0 bridgehead atoms. The van der Waals surface area contributed by atoms with Crippen LogP contribution in [0.15, 0.2) is 0 Å². The molecule has 1 fully saturated rings. The number of methoxy groups -OCH3 is 1. The van der Waals surface area contributed by atoms with Crippen molar-refractivity contribution in [3.8, 4) is 0 Å². The molecule has 0 aromatic carbocycles. The Bertz CT molecular complexity index is 575. The number of hydrogen-bond donors (Lipinski definition) is 1. The normalized spacial score (nSPS) is 24.8. The molecule has 1 saturated heterocycles. The van der Waals surface area contributed by atoms with Crippen LogP contribution in [0.2, 0.25) is 0 Å². The molecule has 0 aromatic heterocycles. The number of esters is 2. The third-order valence-electron chi connectivity index (χ3n) is 3.52. The standard InChI is InChI=1S/C15H26NO9P/c1-10(2)14(19)22-9-24-26(20)23-8-15(3,4)12(25-26)13(18)16-7-6-11(17)21-5/h10,12H,6-9H2,1-5H3,(H,16,18)/t12-,26?/m0/s1. The molecule has 10 nitrogen and oxygen atoms in total. The van der Waals surface area contributed by atoms with Crippen molar-refractivity contribution in [2.45, 2.75) is 40.2 Å². The second-order valence-corrected chi connectivity index (χ2v) is 8.30. The van der Waals surface area contributed by atoms with Crippen LogP contribution in [0, 0.1) is 11.3 Å². The highest BCUT2D eigenvalue weighted by molar-refractivity contribution is 7.48. The van der Waals surface area contributed by atoms with Gasteiger partial charge >= 0.3 is 19.8 Å². The molecule has 0 aliphatic carbocycles. The molecule has 1 unspecified atom stereocenters. The molecule has 0 spiro atoms. The Labute approximate surface area is 152 Å². The largest absolute Gasteiger partial charge is 0.478 e. The van der Waals surface area contributed by atoms with Gasteiger partial charge in [0.2, 0.25) is 12.7 Å². The Hall–Kier alpha value is -1.48. The van der Waals surface area contributed by atoms with Crippen LogP contribution in [0.3, 0.4) is 0 Å². The fourth-order valence-corrected chi connectivity index (χ4v) is 3.40. The molecule has 150 valence electrons. The molecule has 11 heteroatoms. The number of phosphoric ester groups is 1. The topological polar surface area (TPSA) is 126 Å². The first-order chi connectivity index (χ1) is 12.0. The molecule has 0 radical (unpaired) electrons. The lowest BCUT2D eigenvalue weighted by molar-refractivity contribution is -0.158. The highest BCUT2D eigenvalue weighted by atomic mass is 31.2. The van der Waals surface area contributed by atoms with Crippen molar-refractivity contribution in [1.29, 1.82) is 0 Å². The van der Waals surface area contributed by atoms with Gasteiger partial charge in [-0.2, -0.15) is 0 Å². The SMILES string of the molecule is COC(=O)CCNC(=O)[C@@H]1OP(=O)(OCOC(=O)C(C)C)OCC1(C)C. The molecular weight excluding hydrogens is 369 g/mol. The van der Waals surface area contributed by atoms with E-state index in [4.69, 9.17) is 18.3 Å². The molecule has 26 heavy (non-hydrogen) atoms. The Balaban J connectivity index is 2.63. The predicted octanol–water partition coefficient (Wildman–Crippen LogP) is 1.39. The highest BCUT2D eigenvalue weighted by Gasteiger charge is 2.49. The van der Waals surface area contributed by atoms with Gasteiger partial charge in [-0.05, 0) is 0 Å². The second-order valence-electron chi connectivity index (χ2n) is 6.68. The van der Waals surface area contributed by atoms with Crippen molar-refractivity contribution < 1.29 is 42.0 Å². The van der Waals surface area contributed by atoms with Gasteiger partial charge < -0.3 is 14.8 Å². The third-order valence-corrected chi connectivity index (χ3v) is 4.85. The molecule has 1 heterocycles. The maximum Gasteiger partial charge on any atom is 0.478 e. The summed E-state index contributed by atoms with van der Waals surface area (Å²) in [5.74, 6) is -1.95. The fraction of sp³-hybridized carbons (Fsp3) is 0.800. The Morgan fingerprint density at radius 3 is 2.54 bits per heavy atom. The fourth-order valence-electron chi connectivity index (χ4n) is 1.89. The smallest absolute Gasteiger partial charge is 0.469 e. The molecule has 1 rings (SSSR count). The van der Waals surface area contributed by atoms with Crippen LogP contribution >= 0.6 is 7.82 Å². The number of rotatable bonds is 8. The lowest BCUT2D eigenvalue weighted by Gasteiger charge is -2.39. The van der Waals surface area contributed by atoms with Crippen molar-refractivity contribution in [2.75, 3.05) is 27.1 Å². The number of phosphoric acid groups is 1. The minimum absolute atomic E-state index is 0.00873. The van der Waals surface area contributed by atoms with Gasteiger partial charge in [-0.1, -0.05) is 27.7 Å². The van der Waals surface area contributed by atoms with Crippen LogP contribution in [0.5, 0.6) is 0 Å². The first kappa shape index (κ1) is 22.6. The molecule has 0 saturated carbocycles. The Morgan fingerprint density at radius 2 is 1.96 bits per heavy atom. The van der Waals surface area contributed by atoms with Gasteiger partial charge in [-0.15, -0.1) is 0 Å². The number of carbonyl (C=O) groups is 3. The van der Waals surface area contributed by atoms with E-state index in [0.29, 0.717) is 0 Å². The first-order valence-corrected chi connectivity index (χ1v) is 9.55. The quantitative estimate of drug-likeness (QED) is 0.368. The minimum Gasteiger partial charge on any atom is -0.469 e. The van der Waals surface area contributed by atoms with Crippen molar-refractivity contribution in [3.63, 3.8) is 0 Å². The van der Waals surface area contributed by atoms with Gasteiger partial charge in [0, 0.05) is 12.0 Å². The van der Waals surface area contributed by atoms with Crippen LogP contribution in [-0.2, 0) is 42.0 Å². The van der Waals surface area contributed by atoms with E-state index < -0.39 is 44.0 Å². The monoisotopic (exact) mass is 395 g/mol. The zero-order valence-electron chi connectivity index (χ0n) is 15.6. The van der Waals surface area contributed by atoms with E-state index in [-0.39, 0.29) is 25.5 Å². The maximum atomic E-state index is 12.5. The van der Waals surface area contributed by atoms with Gasteiger partial charge in [-0.25, -0.2) is 9.09 Å². The average molecular weight is 395 g/mol. The average Bonchev–Trinajstić information content (AvgIpc) is 2.56. The predicted molar refractivity (Wildman–Crippen MR) is 88.7 cm³/mol. The van der Waals surface area contributed by atoms with E-state index in [2.05, 4.69) is 10.1 Å². The molecule has 1 N–H and O–H groups in total. The van der Waals surface area contributed by atoms with Crippen molar-refractivity contribution in [1.82, 2.24) is 5.32 Å². The number of carbonyl (C=O) groups excluding carboxylic acids is 3. The third kappa shape index (κ3) is 6.68. The minimum atomic E-state index is -4.08. The van der Waals surface area contributed by atoms with Crippen LogP contribution in [0.1, 0.15) is 34.1 Å².